The van der Waals surface area contributed by atoms with Crippen molar-refractivity contribution in [1.82, 2.24) is 15.5 Å². The number of carbonyl (C=O) groups excluding carboxylic acids is 1. The van der Waals surface area contributed by atoms with Crippen LogP contribution in [0.5, 0.6) is 0 Å². The van der Waals surface area contributed by atoms with Crippen LogP contribution in [0.3, 0.4) is 0 Å². The summed E-state index contributed by atoms with van der Waals surface area (Å²) in [6.45, 7) is 9.59. The lowest BCUT2D eigenvalue weighted by atomic mass is 10.1. The number of hydrogen-bond donors (Lipinski definition) is 2. The van der Waals surface area contributed by atoms with Crippen molar-refractivity contribution in [1.29, 1.82) is 0 Å². The SMILES string of the molecule is Cc1cc(C)nc(NC(=O)N[C@@H](C)Cc2c(C)noc2C)c1. The topological polar surface area (TPSA) is 80.0 Å². The molecule has 0 bridgehead atoms. The minimum absolute atomic E-state index is 0.0392. The van der Waals surface area contributed by atoms with Crippen LogP contribution in [0.4, 0.5) is 10.6 Å². The Morgan fingerprint density at radius 2 is 2.00 bits per heavy atom. The van der Waals surface area contributed by atoms with Crippen LogP contribution >= 0.6 is 0 Å². The number of aryl methyl sites for hydroxylation is 4. The summed E-state index contributed by atoms with van der Waals surface area (Å²) in [6.07, 6.45) is 0.675. The van der Waals surface area contributed by atoms with Gasteiger partial charge in [0.05, 0.1) is 5.69 Å². The molecule has 0 aliphatic rings. The summed E-state index contributed by atoms with van der Waals surface area (Å²) in [5, 5.41) is 9.59. The Morgan fingerprint density at radius 3 is 2.59 bits per heavy atom. The molecular formula is C16H22N4O2. The van der Waals surface area contributed by atoms with Crippen molar-refractivity contribution in [3.63, 3.8) is 0 Å². The second kappa shape index (κ2) is 6.60. The van der Waals surface area contributed by atoms with Crippen molar-refractivity contribution in [3.05, 3.63) is 40.4 Å². The van der Waals surface area contributed by atoms with E-state index >= 15 is 0 Å². The van der Waals surface area contributed by atoms with E-state index in [0.717, 1.165) is 28.3 Å². The first-order valence-corrected chi connectivity index (χ1v) is 7.29. The summed E-state index contributed by atoms with van der Waals surface area (Å²) in [5.74, 6) is 1.35. The third kappa shape index (κ3) is 4.07. The molecule has 2 aromatic heterocycles. The third-order valence-electron chi connectivity index (χ3n) is 3.41. The van der Waals surface area contributed by atoms with Crippen LogP contribution in [0.1, 0.15) is 35.2 Å². The number of pyridine rings is 1. The molecular weight excluding hydrogens is 280 g/mol. The van der Waals surface area contributed by atoms with Crippen molar-refractivity contribution < 1.29 is 9.32 Å². The summed E-state index contributed by atoms with van der Waals surface area (Å²) in [4.78, 5) is 16.3. The van der Waals surface area contributed by atoms with E-state index < -0.39 is 0 Å². The number of hydrogen-bond acceptors (Lipinski definition) is 4. The molecule has 0 saturated carbocycles. The Bertz CT molecular complexity index is 639. The monoisotopic (exact) mass is 302 g/mol. The van der Waals surface area contributed by atoms with E-state index in [4.69, 9.17) is 4.52 Å². The van der Waals surface area contributed by atoms with Gasteiger partial charge in [0, 0.05) is 17.3 Å². The molecule has 0 spiro atoms. The fourth-order valence-electron chi connectivity index (χ4n) is 2.43. The maximum atomic E-state index is 12.0. The fraction of sp³-hybridized carbons (Fsp3) is 0.438. The highest BCUT2D eigenvalue weighted by Gasteiger charge is 2.15. The Hall–Kier alpha value is -2.37. The lowest BCUT2D eigenvalue weighted by molar-refractivity contribution is 0.249. The first kappa shape index (κ1) is 16.0. The highest BCUT2D eigenvalue weighted by atomic mass is 16.5. The summed E-state index contributed by atoms with van der Waals surface area (Å²) in [5.41, 5.74) is 3.84. The molecule has 0 fully saturated rings. The van der Waals surface area contributed by atoms with E-state index in [-0.39, 0.29) is 12.1 Å². The van der Waals surface area contributed by atoms with E-state index in [2.05, 4.69) is 20.8 Å². The minimum atomic E-state index is -0.267. The standard InChI is InChI=1S/C16H22N4O2/c1-9-6-10(2)17-15(7-9)19-16(21)18-11(3)8-14-12(4)20-22-13(14)5/h6-7,11H,8H2,1-5H3,(H2,17,18,19,21)/t11-/m0/s1. The molecule has 2 N–H and O–H groups in total. The fourth-order valence-corrected chi connectivity index (χ4v) is 2.43. The van der Waals surface area contributed by atoms with Crippen molar-refractivity contribution >= 4 is 11.8 Å². The van der Waals surface area contributed by atoms with Gasteiger partial charge >= 0.3 is 6.03 Å². The van der Waals surface area contributed by atoms with Crippen molar-refractivity contribution in [2.75, 3.05) is 5.32 Å². The zero-order chi connectivity index (χ0) is 16.3. The summed E-state index contributed by atoms with van der Waals surface area (Å²) in [7, 11) is 0. The number of aromatic nitrogens is 2. The highest BCUT2D eigenvalue weighted by molar-refractivity contribution is 5.88. The molecule has 6 heteroatoms. The summed E-state index contributed by atoms with van der Waals surface area (Å²) >= 11 is 0. The lowest BCUT2D eigenvalue weighted by Crippen LogP contribution is -2.37. The van der Waals surface area contributed by atoms with Crippen molar-refractivity contribution in [2.24, 2.45) is 0 Å². The molecule has 118 valence electrons. The van der Waals surface area contributed by atoms with Gasteiger partial charge in [-0.1, -0.05) is 5.16 Å². The molecule has 2 heterocycles. The number of rotatable bonds is 4. The third-order valence-corrected chi connectivity index (χ3v) is 3.41. The smallest absolute Gasteiger partial charge is 0.320 e. The number of nitrogens with zero attached hydrogens (tertiary/aromatic N) is 2. The van der Waals surface area contributed by atoms with Gasteiger partial charge in [-0.05, 0) is 58.7 Å². The molecule has 0 aliphatic carbocycles. The Balaban J connectivity index is 1.94. The Labute approximate surface area is 130 Å². The van der Waals surface area contributed by atoms with Crippen LogP contribution in [0.2, 0.25) is 0 Å². The number of urea groups is 1. The van der Waals surface area contributed by atoms with Gasteiger partial charge in [0.1, 0.15) is 11.6 Å². The Morgan fingerprint density at radius 1 is 1.27 bits per heavy atom. The molecule has 22 heavy (non-hydrogen) atoms. The average Bonchev–Trinajstić information content (AvgIpc) is 2.69. The first-order valence-electron chi connectivity index (χ1n) is 7.29. The van der Waals surface area contributed by atoms with E-state index in [0.29, 0.717) is 12.2 Å². The molecule has 1 atom stereocenters. The quantitative estimate of drug-likeness (QED) is 0.909. The normalized spacial score (nSPS) is 12.0. The van der Waals surface area contributed by atoms with Crippen molar-refractivity contribution in [2.45, 2.75) is 47.1 Å². The molecule has 2 aromatic rings. The predicted octanol–water partition coefficient (Wildman–Crippen LogP) is 3.06. The zero-order valence-electron chi connectivity index (χ0n) is 13.7. The molecule has 0 radical (unpaired) electrons. The second-order valence-electron chi connectivity index (χ2n) is 5.68. The number of nitrogens with one attached hydrogen (secondary N) is 2. The number of anilines is 1. The second-order valence-corrected chi connectivity index (χ2v) is 5.68. The molecule has 6 nitrogen and oxygen atoms in total. The lowest BCUT2D eigenvalue weighted by Gasteiger charge is -2.14. The van der Waals surface area contributed by atoms with E-state index in [1.165, 1.54) is 0 Å². The van der Waals surface area contributed by atoms with Crippen LogP contribution in [0, 0.1) is 27.7 Å². The van der Waals surface area contributed by atoms with Crippen LogP contribution in [-0.2, 0) is 6.42 Å². The van der Waals surface area contributed by atoms with Gasteiger partial charge in [-0.2, -0.15) is 0 Å². The Kier molecular flexibility index (Phi) is 4.80. The van der Waals surface area contributed by atoms with Gasteiger partial charge in [-0.25, -0.2) is 9.78 Å². The molecule has 0 unspecified atom stereocenters. The number of carbonyl (C=O) groups is 1. The zero-order valence-corrected chi connectivity index (χ0v) is 13.7. The van der Waals surface area contributed by atoms with E-state index in [9.17, 15) is 4.79 Å². The predicted molar refractivity (Wildman–Crippen MR) is 85.0 cm³/mol. The maximum Gasteiger partial charge on any atom is 0.320 e. The molecule has 0 saturated heterocycles. The van der Waals surface area contributed by atoms with Crippen LogP contribution < -0.4 is 10.6 Å². The van der Waals surface area contributed by atoms with Gasteiger partial charge in [-0.3, -0.25) is 5.32 Å². The van der Waals surface area contributed by atoms with Crippen molar-refractivity contribution in [3.8, 4) is 0 Å². The van der Waals surface area contributed by atoms with Crippen LogP contribution in [0.25, 0.3) is 0 Å². The minimum Gasteiger partial charge on any atom is -0.361 e. The molecule has 0 aliphatic heterocycles. The molecule has 2 amide bonds. The molecule has 2 rings (SSSR count). The van der Waals surface area contributed by atoms with Gasteiger partial charge in [0.2, 0.25) is 0 Å². The summed E-state index contributed by atoms with van der Waals surface area (Å²) < 4.78 is 5.13. The van der Waals surface area contributed by atoms with Gasteiger partial charge < -0.3 is 9.84 Å². The maximum absolute atomic E-state index is 12.0. The van der Waals surface area contributed by atoms with Gasteiger partial charge in [-0.15, -0.1) is 0 Å². The highest BCUT2D eigenvalue weighted by Crippen LogP contribution is 2.14. The van der Waals surface area contributed by atoms with Crippen LogP contribution in [-0.4, -0.2) is 22.2 Å². The average molecular weight is 302 g/mol. The van der Waals surface area contributed by atoms with Gasteiger partial charge in [0.25, 0.3) is 0 Å². The van der Waals surface area contributed by atoms with E-state index in [1.807, 2.05) is 46.8 Å². The molecule has 0 aromatic carbocycles. The number of amides is 2. The largest absolute Gasteiger partial charge is 0.361 e. The van der Waals surface area contributed by atoms with Crippen LogP contribution in [0.15, 0.2) is 16.7 Å². The first-order chi connectivity index (χ1) is 10.3. The van der Waals surface area contributed by atoms with Gasteiger partial charge in [0.15, 0.2) is 0 Å². The van der Waals surface area contributed by atoms with E-state index in [1.54, 1.807) is 0 Å². The summed E-state index contributed by atoms with van der Waals surface area (Å²) in [6, 6.07) is 3.49.